The van der Waals surface area contributed by atoms with Crippen molar-refractivity contribution in [3.05, 3.63) is 11.6 Å². The molecule has 138 valence electrons. The Bertz CT molecular complexity index is 576. The first-order valence-corrected chi connectivity index (χ1v) is 9.14. The maximum atomic E-state index is 9.18. The Hall–Kier alpha value is -1.35. The summed E-state index contributed by atoms with van der Waals surface area (Å²) >= 11 is 0. The molecule has 0 amide bonds. The van der Waals surface area contributed by atoms with Gasteiger partial charge in [-0.2, -0.15) is 9.97 Å². The molecule has 4 rings (SSSR count). The fourth-order valence-electron chi connectivity index (χ4n) is 3.12. The predicted octanol–water partition coefficient (Wildman–Crippen LogP) is 0.429. The number of aryl methyl sites for hydroxylation is 1. The van der Waals surface area contributed by atoms with Crippen molar-refractivity contribution in [3.63, 3.8) is 0 Å². The summed E-state index contributed by atoms with van der Waals surface area (Å²) < 4.78 is 16.2. The lowest BCUT2D eigenvalue weighted by molar-refractivity contribution is 0.288. The van der Waals surface area contributed by atoms with Gasteiger partial charge in [-0.05, 0) is 26.2 Å². The molecule has 25 heavy (non-hydrogen) atoms. The van der Waals surface area contributed by atoms with Crippen molar-refractivity contribution in [1.29, 1.82) is 0 Å². The maximum absolute atomic E-state index is 9.18. The molecule has 0 saturated carbocycles. The molecule has 0 spiro atoms. The number of hydrogen-bond donors (Lipinski definition) is 1. The number of anilines is 1. The second-order valence-corrected chi connectivity index (χ2v) is 7.10. The molecule has 3 unspecified atom stereocenters. The van der Waals surface area contributed by atoms with Crippen LogP contribution in [0.4, 0.5) is 5.95 Å². The second kappa shape index (κ2) is 7.49. The number of ether oxygens (including phenoxy) is 3. The van der Waals surface area contributed by atoms with E-state index in [9.17, 15) is 5.11 Å². The van der Waals surface area contributed by atoms with Crippen LogP contribution in [-0.4, -0.2) is 77.9 Å². The Balaban J connectivity index is 1.53. The quantitative estimate of drug-likeness (QED) is 0.574. The van der Waals surface area contributed by atoms with Crippen LogP contribution in [0.25, 0.3) is 0 Å². The third-order valence-electron chi connectivity index (χ3n) is 4.71. The van der Waals surface area contributed by atoms with Gasteiger partial charge in [0.15, 0.2) is 0 Å². The first-order chi connectivity index (χ1) is 12.2. The molecular formula is C17H26N4O4. The highest BCUT2D eigenvalue weighted by Gasteiger charge is 2.35. The van der Waals surface area contributed by atoms with E-state index in [2.05, 4.69) is 14.9 Å². The highest BCUT2D eigenvalue weighted by Crippen LogP contribution is 2.33. The van der Waals surface area contributed by atoms with Crippen LogP contribution in [0.3, 0.4) is 0 Å². The number of nitrogens with zero attached hydrogens (tertiary/aromatic N) is 4. The Labute approximate surface area is 147 Å². The van der Waals surface area contributed by atoms with Crippen molar-refractivity contribution in [3.8, 4) is 0 Å². The minimum atomic E-state index is 0.152. The molecule has 8 heteroatoms. The lowest BCUT2D eigenvalue weighted by Gasteiger charge is -2.23. The number of epoxide rings is 3. The number of hydrogen-bond acceptors (Lipinski definition) is 8. The van der Waals surface area contributed by atoms with Crippen molar-refractivity contribution >= 4 is 5.95 Å². The second-order valence-electron chi connectivity index (χ2n) is 7.10. The van der Waals surface area contributed by atoms with Crippen LogP contribution in [0.1, 0.15) is 36.8 Å². The summed E-state index contributed by atoms with van der Waals surface area (Å²) in [5.41, 5.74) is 0. The van der Waals surface area contributed by atoms with Gasteiger partial charge < -0.3 is 24.2 Å². The van der Waals surface area contributed by atoms with Gasteiger partial charge in [-0.3, -0.25) is 0 Å². The van der Waals surface area contributed by atoms with Crippen LogP contribution in [-0.2, 0) is 14.2 Å². The highest BCUT2D eigenvalue weighted by molar-refractivity contribution is 5.31. The van der Waals surface area contributed by atoms with Crippen LogP contribution < -0.4 is 4.90 Å². The van der Waals surface area contributed by atoms with Crippen molar-refractivity contribution in [2.45, 2.75) is 50.4 Å². The Morgan fingerprint density at radius 3 is 2.24 bits per heavy atom. The van der Waals surface area contributed by atoms with Crippen LogP contribution in [0.2, 0.25) is 0 Å². The third kappa shape index (κ3) is 5.07. The lowest BCUT2D eigenvalue weighted by Crippen LogP contribution is -2.32. The zero-order valence-corrected chi connectivity index (χ0v) is 14.6. The molecule has 0 radical (unpaired) electrons. The SMILES string of the molecule is Cc1nc(C(CC2CO2)CC2CO2)nc(N(CCCO)CC2CO2)n1. The summed E-state index contributed by atoms with van der Waals surface area (Å²) in [7, 11) is 0. The van der Waals surface area contributed by atoms with E-state index in [0.29, 0.717) is 31.1 Å². The average Bonchev–Trinajstić information content (AvgIpc) is 3.44. The minimum absolute atomic E-state index is 0.152. The molecule has 0 aliphatic carbocycles. The summed E-state index contributed by atoms with van der Waals surface area (Å²) in [5.74, 6) is 2.48. The van der Waals surface area contributed by atoms with Gasteiger partial charge in [-0.15, -0.1) is 0 Å². The lowest BCUT2D eigenvalue weighted by atomic mass is 9.97. The Kier molecular flexibility index (Phi) is 5.12. The van der Waals surface area contributed by atoms with Crippen LogP contribution in [0.15, 0.2) is 0 Å². The maximum Gasteiger partial charge on any atom is 0.228 e. The number of aliphatic hydroxyl groups excluding tert-OH is 1. The van der Waals surface area contributed by atoms with E-state index in [1.54, 1.807) is 0 Å². The van der Waals surface area contributed by atoms with Crippen LogP contribution in [0, 0.1) is 6.92 Å². The van der Waals surface area contributed by atoms with E-state index in [-0.39, 0.29) is 18.6 Å². The molecule has 3 fully saturated rings. The van der Waals surface area contributed by atoms with E-state index < -0.39 is 0 Å². The molecule has 3 saturated heterocycles. The fourth-order valence-corrected chi connectivity index (χ4v) is 3.12. The van der Waals surface area contributed by atoms with Gasteiger partial charge in [0.2, 0.25) is 5.95 Å². The average molecular weight is 350 g/mol. The molecular weight excluding hydrogens is 324 g/mol. The standard InChI is InChI=1S/C17H26N4O4/c1-11-18-16(12(5-13-8-23-13)6-14-9-24-14)20-17(19-11)21(3-2-4-22)7-15-10-25-15/h12-15,22H,2-10H2,1H3. The van der Waals surface area contributed by atoms with Crippen molar-refractivity contribution in [2.24, 2.45) is 0 Å². The monoisotopic (exact) mass is 350 g/mol. The number of aromatic nitrogens is 3. The molecule has 1 aromatic heterocycles. The summed E-state index contributed by atoms with van der Waals surface area (Å²) in [6.45, 7) is 5.98. The molecule has 1 aromatic rings. The smallest absolute Gasteiger partial charge is 0.228 e. The van der Waals surface area contributed by atoms with Crippen molar-refractivity contribution in [2.75, 3.05) is 44.4 Å². The van der Waals surface area contributed by atoms with Gasteiger partial charge in [-0.1, -0.05) is 0 Å². The van der Waals surface area contributed by atoms with Gasteiger partial charge in [0.05, 0.1) is 38.1 Å². The normalized spacial score (nSPS) is 27.8. The van der Waals surface area contributed by atoms with Crippen molar-refractivity contribution < 1.29 is 19.3 Å². The summed E-state index contributed by atoms with van der Waals surface area (Å²) in [4.78, 5) is 16.0. The van der Waals surface area contributed by atoms with E-state index in [1.807, 2.05) is 6.92 Å². The van der Waals surface area contributed by atoms with E-state index in [1.165, 1.54) is 0 Å². The third-order valence-corrected chi connectivity index (χ3v) is 4.71. The first kappa shape index (κ1) is 17.1. The highest BCUT2D eigenvalue weighted by atomic mass is 16.6. The molecule has 3 aliphatic heterocycles. The molecule has 0 bridgehead atoms. The van der Waals surface area contributed by atoms with E-state index >= 15 is 0 Å². The van der Waals surface area contributed by atoms with Gasteiger partial charge in [-0.25, -0.2) is 4.98 Å². The van der Waals surface area contributed by atoms with Gasteiger partial charge in [0.1, 0.15) is 11.6 Å². The summed E-state index contributed by atoms with van der Waals surface area (Å²) in [6, 6.07) is 0. The molecule has 3 atom stereocenters. The molecule has 3 aliphatic rings. The zero-order chi connectivity index (χ0) is 17.2. The number of rotatable bonds is 11. The van der Waals surface area contributed by atoms with Crippen LogP contribution >= 0.6 is 0 Å². The molecule has 0 aromatic carbocycles. The first-order valence-electron chi connectivity index (χ1n) is 9.14. The largest absolute Gasteiger partial charge is 0.396 e. The number of aliphatic hydroxyl groups is 1. The summed E-state index contributed by atoms with van der Waals surface area (Å²) in [5, 5.41) is 9.18. The van der Waals surface area contributed by atoms with E-state index in [4.69, 9.17) is 19.2 Å². The predicted molar refractivity (Wildman–Crippen MR) is 89.7 cm³/mol. The zero-order valence-electron chi connectivity index (χ0n) is 14.6. The summed E-state index contributed by atoms with van der Waals surface area (Å²) in [6.07, 6.45) is 3.46. The molecule has 1 N–H and O–H groups in total. The fraction of sp³-hybridized carbons (Fsp3) is 0.824. The van der Waals surface area contributed by atoms with E-state index in [0.717, 1.165) is 50.9 Å². The van der Waals surface area contributed by atoms with Gasteiger partial charge in [0.25, 0.3) is 0 Å². The van der Waals surface area contributed by atoms with Gasteiger partial charge in [0, 0.05) is 25.6 Å². The van der Waals surface area contributed by atoms with Crippen LogP contribution in [0.5, 0.6) is 0 Å². The van der Waals surface area contributed by atoms with Crippen molar-refractivity contribution in [1.82, 2.24) is 15.0 Å². The Morgan fingerprint density at radius 1 is 1.04 bits per heavy atom. The van der Waals surface area contributed by atoms with Gasteiger partial charge >= 0.3 is 0 Å². The Morgan fingerprint density at radius 2 is 1.68 bits per heavy atom. The topological polar surface area (TPSA) is 99.7 Å². The minimum Gasteiger partial charge on any atom is -0.396 e. The molecule has 4 heterocycles. The molecule has 8 nitrogen and oxygen atoms in total.